The Bertz CT molecular complexity index is 110. The minimum absolute atomic E-state index is 0.493. The van der Waals surface area contributed by atoms with E-state index in [2.05, 4.69) is 16.0 Å². The highest BCUT2D eigenvalue weighted by molar-refractivity contribution is 4.73. The van der Waals surface area contributed by atoms with Crippen molar-refractivity contribution >= 4 is 0 Å². The van der Waals surface area contributed by atoms with E-state index in [0.717, 1.165) is 26.2 Å². The molecule has 0 radical (unpaired) electrons. The molecule has 58 valence electrons. The van der Waals surface area contributed by atoms with Crippen molar-refractivity contribution in [2.75, 3.05) is 26.2 Å². The molecule has 2 heterocycles. The van der Waals surface area contributed by atoms with Crippen molar-refractivity contribution in [3.8, 4) is 0 Å². The number of epoxide rings is 1. The topological polar surface area (TPSA) is 39.8 Å². The van der Waals surface area contributed by atoms with Crippen LogP contribution in [0.2, 0.25) is 0 Å². The van der Waals surface area contributed by atoms with Gasteiger partial charge in [0.2, 0.25) is 0 Å². The maximum absolute atomic E-state index is 5.10. The van der Waals surface area contributed by atoms with Gasteiger partial charge in [-0.3, -0.25) is 0 Å². The SMILES string of the molecule is C1CNNN(CC2CO2)C1. The van der Waals surface area contributed by atoms with Crippen molar-refractivity contribution in [1.29, 1.82) is 0 Å². The van der Waals surface area contributed by atoms with Crippen molar-refractivity contribution in [3.05, 3.63) is 0 Å². The molecule has 10 heavy (non-hydrogen) atoms. The number of hydrogen-bond acceptors (Lipinski definition) is 4. The van der Waals surface area contributed by atoms with Crippen LogP contribution in [0.1, 0.15) is 6.42 Å². The first-order chi connectivity index (χ1) is 4.95. The van der Waals surface area contributed by atoms with E-state index in [4.69, 9.17) is 4.74 Å². The number of rotatable bonds is 2. The average molecular weight is 143 g/mol. The molecule has 0 spiro atoms. The van der Waals surface area contributed by atoms with Crippen molar-refractivity contribution in [2.24, 2.45) is 0 Å². The van der Waals surface area contributed by atoms with Gasteiger partial charge in [-0.25, -0.2) is 10.4 Å². The summed E-state index contributed by atoms with van der Waals surface area (Å²) < 4.78 is 5.10. The van der Waals surface area contributed by atoms with Crippen LogP contribution in [0.3, 0.4) is 0 Å². The lowest BCUT2D eigenvalue weighted by molar-refractivity contribution is 0.107. The molecule has 0 amide bonds. The van der Waals surface area contributed by atoms with E-state index in [1.807, 2.05) is 0 Å². The van der Waals surface area contributed by atoms with Crippen molar-refractivity contribution in [3.63, 3.8) is 0 Å². The van der Waals surface area contributed by atoms with Crippen LogP contribution in [0.15, 0.2) is 0 Å². The molecular formula is C6H13N3O. The van der Waals surface area contributed by atoms with Gasteiger partial charge in [-0.05, 0) is 6.42 Å². The summed E-state index contributed by atoms with van der Waals surface area (Å²) in [7, 11) is 0. The molecule has 0 aromatic rings. The maximum atomic E-state index is 5.10. The van der Waals surface area contributed by atoms with E-state index >= 15 is 0 Å². The number of hydrazine groups is 2. The fraction of sp³-hybridized carbons (Fsp3) is 1.00. The molecule has 2 N–H and O–H groups in total. The Balaban J connectivity index is 1.69. The molecular weight excluding hydrogens is 130 g/mol. The van der Waals surface area contributed by atoms with E-state index in [0.29, 0.717) is 6.10 Å². The minimum atomic E-state index is 0.493. The predicted molar refractivity (Wildman–Crippen MR) is 37.1 cm³/mol. The summed E-state index contributed by atoms with van der Waals surface area (Å²) in [5.74, 6) is 0. The number of hydrogen-bond donors (Lipinski definition) is 2. The molecule has 1 unspecified atom stereocenters. The molecule has 0 aliphatic carbocycles. The third kappa shape index (κ3) is 1.67. The monoisotopic (exact) mass is 143 g/mol. The van der Waals surface area contributed by atoms with Gasteiger partial charge in [-0.2, -0.15) is 5.53 Å². The van der Waals surface area contributed by atoms with E-state index in [1.54, 1.807) is 0 Å². The Morgan fingerprint density at radius 3 is 3.10 bits per heavy atom. The quantitative estimate of drug-likeness (QED) is 0.491. The summed E-state index contributed by atoms with van der Waals surface area (Å²) in [5, 5.41) is 2.17. The molecule has 0 aromatic heterocycles. The Morgan fingerprint density at radius 2 is 2.50 bits per heavy atom. The van der Waals surface area contributed by atoms with Crippen molar-refractivity contribution < 1.29 is 4.74 Å². The van der Waals surface area contributed by atoms with Crippen LogP contribution in [0.25, 0.3) is 0 Å². The zero-order valence-corrected chi connectivity index (χ0v) is 5.97. The van der Waals surface area contributed by atoms with Crippen LogP contribution in [0.5, 0.6) is 0 Å². The Morgan fingerprint density at radius 1 is 1.60 bits per heavy atom. The highest BCUT2D eigenvalue weighted by atomic mass is 16.6. The van der Waals surface area contributed by atoms with Crippen LogP contribution in [-0.4, -0.2) is 37.4 Å². The lowest BCUT2D eigenvalue weighted by Crippen LogP contribution is -2.53. The van der Waals surface area contributed by atoms with Gasteiger partial charge in [0.1, 0.15) is 0 Å². The Hall–Kier alpha value is -0.160. The lowest BCUT2D eigenvalue weighted by atomic mass is 10.3. The van der Waals surface area contributed by atoms with E-state index in [-0.39, 0.29) is 0 Å². The third-order valence-corrected chi connectivity index (χ3v) is 1.79. The van der Waals surface area contributed by atoms with Gasteiger partial charge >= 0.3 is 0 Å². The summed E-state index contributed by atoms with van der Waals surface area (Å²) in [5.41, 5.74) is 6.18. The zero-order chi connectivity index (χ0) is 6.81. The molecule has 2 aliphatic rings. The molecule has 2 aliphatic heterocycles. The van der Waals surface area contributed by atoms with Gasteiger partial charge in [0.25, 0.3) is 0 Å². The molecule has 0 saturated carbocycles. The molecule has 4 heteroatoms. The van der Waals surface area contributed by atoms with E-state index in [9.17, 15) is 0 Å². The first-order valence-electron chi connectivity index (χ1n) is 3.80. The zero-order valence-electron chi connectivity index (χ0n) is 5.97. The van der Waals surface area contributed by atoms with Crippen LogP contribution in [0.4, 0.5) is 0 Å². The first-order valence-corrected chi connectivity index (χ1v) is 3.80. The maximum Gasteiger partial charge on any atom is 0.0951 e. The van der Waals surface area contributed by atoms with Crippen LogP contribution >= 0.6 is 0 Å². The average Bonchev–Trinajstić information content (AvgIpc) is 2.74. The summed E-state index contributed by atoms with van der Waals surface area (Å²) >= 11 is 0. The summed E-state index contributed by atoms with van der Waals surface area (Å²) in [4.78, 5) is 0. The highest BCUT2D eigenvalue weighted by Gasteiger charge is 2.25. The number of ether oxygens (including phenoxy) is 1. The first kappa shape index (κ1) is 6.54. The molecule has 2 rings (SSSR count). The molecule has 2 saturated heterocycles. The molecule has 0 aromatic carbocycles. The Labute approximate surface area is 60.5 Å². The van der Waals surface area contributed by atoms with E-state index in [1.165, 1.54) is 6.42 Å². The van der Waals surface area contributed by atoms with Crippen LogP contribution in [-0.2, 0) is 4.74 Å². The Kier molecular flexibility index (Phi) is 1.86. The standard InChI is InChI=1S/C6H13N3O/c1-2-7-8-9(3-1)4-6-5-10-6/h6-8H,1-5H2. The molecule has 1 atom stereocenters. The van der Waals surface area contributed by atoms with Gasteiger partial charge in [-0.1, -0.05) is 0 Å². The number of nitrogens with zero attached hydrogens (tertiary/aromatic N) is 1. The largest absolute Gasteiger partial charge is 0.372 e. The number of nitrogens with one attached hydrogen (secondary N) is 2. The normalized spacial score (nSPS) is 34.2. The fourth-order valence-corrected chi connectivity index (χ4v) is 1.14. The van der Waals surface area contributed by atoms with Gasteiger partial charge < -0.3 is 4.74 Å². The van der Waals surface area contributed by atoms with Crippen molar-refractivity contribution in [2.45, 2.75) is 12.5 Å². The van der Waals surface area contributed by atoms with Gasteiger partial charge in [0.05, 0.1) is 12.7 Å². The molecule has 0 bridgehead atoms. The van der Waals surface area contributed by atoms with Gasteiger partial charge in [-0.15, -0.1) is 0 Å². The van der Waals surface area contributed by atoms with Gasteiger partial charge in [0, 0.05) is 19.6 Å². The lowest BCUT2D eigenvalue weighted by Gasteiger charge is -2.27. The fourth-order valence-electron chi connectivity index (χ4n) is 1.14. The molecule has 4 nitrogen and oxygen atoms in total. The summed E-state index contributed by atoms with van der Waals surface area (Å²) in [6.07, 6.45) is 1.71. The third-order valence-electron chi connectivity index (χ3n) is 1.79. The van der Waals surface area contributed by atoms with Gasteiger partial charge in [0.15, 0.2) is 0 Å². The van der Waals surface area contributed by atoms with Crippen LogP contribution in [0, 0.1) is 0 Å². The highest BCUT2D eigenvalue weighted by Crippen LogP contribution is 2.09. The second-order valence-corrected chi connectivity index (χ2v) is 2.79. The second-order valence-electron chi connectivity index (χ2n) is 2.79. The van der Waals surface area contributed by atoms with E-state index < -0.39 is 0 Å². The predicted octanol–water partition coefficient (Wildman–Crippen LogP) is -0.900. The smallest absolute Gasteiger partial charge is 0.0951 e. The minimum Gasteiger partial charge on any atom is -0.372 e. The molecule has 2 fully saturated rings. The summed E-state index contributed by atoms with van der Waals surface area (Å²) in [6, 6.07) is 0. The van der Waals surface area contributed by atoms with Crippen LogP contribution < -0.4 is 11.0 Å². The second kappa shape index (κ2) is 2.84. The van der Waals surface area contributed by atoms with Crippen molar-refractivity contribution in [1.82, 2.24) is 16.0 Å². The summed E-state index contributed by atoms with van der Waals surface area (Å²) in [6.45, 7) is 4.17.